The molecule has 1 aliphatic rings. The van der Waals surface area contributed by atoms with Crippen molar-refractivity contribution >= 4 is 11.6 Å². The van der Waals surface area contributed by atoms with E-state index >= 15 is 0 Å². The zero-order chi connectivity index (χ0) is 13.2. The molecule has 1 amide bonds. The second kappa shape index (κ2) is 5.11. The van der Waals surface area contributed by atoms with Gasteiger partial charge in [-0.1, -0.05) is 18.2 Å². The van der Waals surface area contributed by atoms with Gasteiger partial charge in [-0.05, 0) is 51.7 Å². The minimum absolute atomic E-state index is 0.0231. The SMILES string of the molecule is CC(NC(C)(C)C1CC1)C(=O)Nc1ccccc1. The van der Waals surface area contributed by atoms with Gasteiger partial charge in [0.15, 0.2) is 0 Å². The van der Waals surface area contributed by atoms with Crippen LogP contribution in [0.1, 0.15) is 33.6 Å². The lowest BCUT2D eigenvalue weighted by Crippen LogP contribution is -2.51. The van der Waals surface area contributed by atoms with Gasteiger partial charge in [-0.25, -0.2) is 0 Å². The lowest BCUT2D eigenvalue weighted by molar-refractivity contribution is -0.118. The van der Waals surface area contributed by atoms with Crippen molar-refractivity contribution in [3.8, 4) is 0 Å². The summed E-state index contributed by atoms with van der Waals surface area (Å²) in [7, 11) is 0. The van der Waals surface area contributed by atoms with E-state index in [1.165, 1.54) is 12.8 Å². The Labute approximate surface area is 109 Å². The number of nitrogens with one attached hydrogen (secondary N) is 2. The summed E-state index contributed by atoms with van der Waals surface area (Å²) in [5, 5.41) is 6.35. The molecular formula is C15H22N2O. The van der Waals surface area contributed by atoms with Crippen molar-refractivity contribution in [2.24, 2.45) is 5.92 Å². The molecule has 1 aromatic rings. The van der Waals surface area contributed by atoms with Crippen LogP contribution in [0.15, 0.2) is 30.3 Å². The Bertz CT molecular complexity index is 410. The molecule has 0 radical (unpaired) electrons. The molecule has 18 heavy (non-hydrogen) atoms. The molecule has 98 valence electrons. The Kier molecular flexibility index (Phi) is 3.71. The van der Waals surface area contributed by atoms with Crippen molar-refractivity contribution in [3.63, 3.8) is 0 Å². The molecule has 1 aliphatic carbocycles. The van der Waals surface area contributed by atoms with E-state index in [4.69, 9.17) is 0 Å². The van der Waals surface area contributed by atoms with E-state index in [0.29, 0.717) is 5.92 Å². The van der Waals surface area contributed by atoms with Gasteiger partial charge in [0, 0.05) is 11.2 Å². The summed E-state index contributed by atoms with van der Waals surface area (Å²) in [5.41, 5.74) is 0.897. The molecule has 2 N–H and O–H groups in total. The molecule has 1 saturated carbocycles. The first-order chi connectivity index (χ1) is 8.49. The zero-order valence-electron chi connectivity index (χ0n) is 11.4. The van der Waals surface area contributed by atoms with E-state index in [2.05, 4.69) is 24.5 Å². The van der Waals surface area contributed by atoms with Gasteiger partial charge in [0.05, 0.1) is 6.04 Å². The number of para-hydroxylation sites is 1. The normalized spacial score (nSPS) is 17.3. The summed E-state index contributed by atoms with van der Waals surface area (Å²) in [6.07, 6.45) is 2.54. The van der Waals surface area contributed by atoms with Crippen LogP contribution in [-0.4, -0.2) is 17.5 Å². The molecule has 1 aromatic carbocycles. The fourth-order valence-electron chi connectivity index (χ4n) is 2.32. The Morgan fingerprint density at radius 1 is 1.28 bits per heavy atom. The van der Waals surface area contributed by atoms with Crippen LogP contribution in [0, 0.1) is 5.92 Å². The van der Waals surface area contributed by atoms with Crippen molar-refractivity contribution in [1.29, 1.82) is 0 Å². The number of hydrogen-bond donors (Lipinski definition) is 2. The van der Waals surface area contributed by atoms with Crippen LogP contribution in [-0.2, 0) is 4.79 Å². The second-order valence-corrected chi connectivity index (χ2v) is 5.72. The monoisotopic (exact) mass is 246 g/mol. The van der Waals surface area contributed by atoms with Crippen LogP contribution in [0.25, 0.3) is 0 Å². The summed E-state index contributed by atoms with van der Waals surface area (Å²) < 4.78 is 0. The van der Waals surface area contributed by atoms with Crippen LogP contribution in [0.3, 0.4) is 0 Å². The molecule has 3 nitrogen and oxygen atoms in total. The third kappa shape index (κ3) is 3.33. The lowest BCUT2D eigenvalue weighted by Gasteiger charge is -2.29. The Balaban J connectivity index is 1.89. The van der Waals surface area contributed by atoms with E-state index < -0.39 is 0 Å². The highest BCUT2D eigenvalue weighted by Crippen LogP contribution is 2.39. The number of hydrogen-bond acceptors (Lipinski definition) is 2. The van der Waals surface area contributed by atoms with E-state index in [1.807, 2.05) is 37.3 Å². The summed E-state index contributed by atoms with van der Waals surface area (Å²) >= 11 is 0. The molecule has 0 aromatic heterocycles. The maximum atomic E-state index is 12.1. The quantitative estimate of drug-likeness (QED) is 0.838. The van der Waals surface area contributed by atoms with Crippen molar-refractivity contribution in [3.05, 3.63) is 30.3 Å². The van der Waals surface area contributed by atoms with Crippen LogP contribution in [0.4, 0.5) is 5.69 Å². The van der Waals surface area contributed by atoms with Crippen LogP contribution >= 0.6 is 0 Å². The maximum Gasteiger partial charge on any atom is 0.241 e. The predicted molar refractivity (Wildman–Crippen MR) is 74.5 cm³/mol. The van der Waals surface area contributed by atoms with Crippen molar-refractivity contribution in [2.75, 3.05) is 5.32 Å². The number of amides is 1. The van der Waals surface area contributed by atoms with Gasteiger partial charge in [0.25, 0.3) is 0 Å². The number of anilines is 1. The molecular weight excluding hydrogens is 224 g/mol. The molecule has 1 unspecified atom stereocenters. The third-order valence-electron chi connectivity index (χ3n) is 3.62. The Morgan fingerprint density at radius 2 is 1.89 bits per heavy atom. The smallest absolute Gasteiger partial charge is 0.241 e. The summed E-state index contributed by atoms with van der Waals surface area (Å²) in [6, 6.07) is 9.39. The molecule has 0 heterocycles. The first-order valence-electron chi connectivity index (χ1n) is 6.62. The highest BCUT2D eigenvalue weighted by Gasteiger charge is 2.39. The van der Waals surface area contributed by atoms with Crippen LogP contribution in [0.2, 0.25) is 0 Å². The molecule has 0 aliphatic heterocycles. The maximum absolute atomic E-state index is 12.1. The topological polar surface area (TPSA) is 41.1 Å². The van der Waals surface area contributed by atoms with Gasteiger partial charge in [0.1, 0.15) is 0 Å². The van der Waals surface area contributed by atoms with E-state index in [-0.39, 0.29) is 17.5 Å². The molecule has 1 fully saturated rings. The van der Waals surface area contributed by atoms with Crippen LogP contribution < -0.4 is 10.6 Å². The molecule has 0 saturated heterocycles. The molecule has 1 atom stereocenters. The first-order valence-corrected chi connectivity index (χ1v) is 6.62. The van der Waals surface area contributed by atoms with Gasteiger partial charge in [-0.3, -0.25) is 4.79 Å². The largest absolute Gasteiger partial charge is 0.325 e. The third-order valence-corrected chi connectivity index (χ3v) is 3.62. The fraction of sp³-hybridized carbons (Fsp3) is 0.533. The Hall–Kier alpha value is -1.35. The van der Waals surface area contributed by atoms with E-state index in [9.17, 15) is 4.79 Å². The van der Waals surface area contributed by atoms with Gasteiger partial charge < -0.3 is 10.6 Å². The number of carbonyl (C=O) groups excluding carboxylic acids is 1. The zero-order valence-corrected chi connectivity index (χ0v) is 11.4. The van der Waals surface area contributed by atoms with Gasteiger partial charge in [-0.15, -0.1) is 0 Å². The van der Waals surface area contributed by atoms with Gasteiger partial charge in [0.2, 0.25) is 5.91 Å². The first kappa shape index (κ1) is 13.1. The van der Waals surface area contributed by atoms with E-state index in [0.717, 1.165) is 5.69 Å². The number of benzene rings is 1. The van der Waals surface area contributed by atoms with Gasteiger partial charge in [-0.2, -0.15) is 0 Å². The minimum Gasteiger partial charge on any atom is -0.325 e. The second-order valence-electron chi connectivity index (χ2n) is 5.72. The highest BCUT2D eigenvalue weighted by molar-refractivity contribution is 5.94. The average Bonchev–Trinajstić information content (AvgIpc) is 3.13. The minimum atomic E-state index is -0.180. The molecule has 0 bridgehead atoms. The number of carbonyl (C=O) groups is 1. The van der Waals surface area contributed by atoms with Gasteiger partial charge >= 0.3 is 0 Å². The highest BCUT2D eigenvalue weighted by atomic mass is 16.2. The fourth-order valence-corrected chi connectivity index (χ4v) is 2.32. The Morgan fingerprint density at radius 3 is 2.44 bits per heavy atom. The lowest BCUT2D eigenvalue weighted by atomic mass is 9.97. The van der Waals surface area contributed by atoms with Crippen molar-refractivity contribution in [1.82, 2.24) is 5.32 Å². The summed E-state index contributed by atoms with van der Waals surface area (Å²) in [5.74, 6) is 0.736. The van der Waals surface area contributed by atoms with Crippen LogP contribution in [0.5, 0.6) is 0 Å². The molecule has 0 spiro atoms. The summed E-state index contributed by atoms with van der Waals surface area (Å²) in [4.78, 5) is 12.1. The average molecular weight is 246 g/mol. The molecule has 3 heteroatoms. The summed E-state index contributed by atoms with van der Waals surface area (Å²) in [6.45, 7) is 6.27. The standard InChI is InChI=1S/C15H22N2O/c1-11(17-15(2,3)12-9-10-12)14(18)16-13-7-5-4-6-8-13/h4-8,11-12,17H,9-10H2,1-3H3,(H,16,18). The van der Waals surface area contributed by atoms with E-state index in [1.54, 1.807) is 0 Å². The molecule has 2 rings (SSSR count). The van der Waals surface area contributed by atoms with Crippen molar-refractivity contribution < 1.29 is 4.79 Å². The predicted octanol–water partition coefficient (Wildman–Crippen LogP) is 2.79. The van der Waals surface area contributed by atoms with Crippen molar-refractivity contribution in [2.45, 2.75) is 45.2 Å². The number of rotatable bonds is 5.